The predicted molar refractivity (Wildman–Crippen MR) is 103 cm³/mol. The van der Waals surface area contributed by atoms with Gasteiger partial charge in [-0.2, -0.15) is 11.3 Å². The van der Waals surface area contributed by atoms with Gasteiger partial charge < -0.3 is 10.2 Å². The molecule has 0 aliphatic heterocycles. The topological polar surface area (TPSA) is 27.6 Å². The Balaban J connectivity index is 0.00000220. The van der Waals surface area contributed by atoms with Crippen molar-refractivity contribution in [2.24, 2.45) is 4.99 Å². The van der Waals surface area contributed by atoms with Gasteiger partial charge >= 0.3 is 0 Å². The fourth-order valence-electron chi connectivity index (χ4n) is 2.08. The summed E-state index contributed by atoms with van der Waals surface area (Å²) in [6.07, 6.45) is 0. The molecule has 1 N–H and O–H groups in total. The summed E-state index contributed by atoms with van der Waals surface area (Å²) in [4.78, 5) is 6.50. The lowest BCUT2D eigenvalue weighted by atomic mass is 10.1. The molecular formula is C16H22IN3S. The molecule has 0 unspecified atom stereocenters. The minimum atomic E-state index is 0. The minimum absolute atomic E-state index is 0. The molecule has 1 heterocycles. The average Bonchev–Trinajstić information content (AvgIpc) is 2.95. The zero-order valence-corrected chi connectivity index (χ0v) is 15.8. The number of rotatable bonds is 4. The van der Waals surface area contributed by atoms with Crippen LogP contribution in [0, 0.1) is 6.92 Å². The van der Waals surface area contributed by atoms with Crippen molar-refractivity contribution in [1.29, 1.82) is 0 Å². The molecule has 1 aromatic heterocycles. The second-order valence-electron chi connectivity index (χ2n) is 4.81. The number of nitrogens with one attached hydrogen (secondary N) is 1. The van der Waals surface area contributed by atoms with Gasteiger partial charge in [0.2, 0.25) is 0 Å². The van der Waals surface area contributed by atoms with Gasteiger partial charge in [0.15, 0.2) is 5.96 Å². The van der Waals surface area contributed by atoms with Crippen LogP contribution in [-0.2, 0) is 13.1 Å². The lowest BCUT2D eigenvalue weighted by molar-refractivity contribution is 0.475. The van der Waals surface area contributed by atoms with E-state index in [2.05, 4.69) is 70.3 Å². The highest BCUT2D eigenvalue weighted by molar-refractivity contribution is 14.0. The second-order valence-corrected chi connectivity index (χ2v) is 5.59. The fraction of sp³-hybridized carbons (Fsp3) is 0.312. The van der Waals surface area contributed by atoms with Crippen LogP contribution < -0.4 is 5.32 Å². The molecule has 0 fully saturated rings. The lowest BCUT2D eigenvalue weighted by Gasteiger charge is -2.22. The molecule has 21 heavy (non-hydrogen) atoms. The second kappa shape index (κ2) is 9.04. The van der Waals surface area contributed by atoms with Gasteiger partial charge in [-0.15, -0.1) is 24.0 Å². The average molecular weight is 415 g/mol. The molecule has 2 aromatic rings. The minimum Gasteiger partial charge on any atom is -0.352 e. The summed E-state index contributed by atoms with van der Waals surface area (Å²) in [5.41, 5.74) is 3.93. The van der Waals surface area contributed by atoms with Crippen LogP contribution in [0.2, 0.25) is 0 Å². The van der Waals surface area contributed by atoms with E-state index in [0.29, 0.717) is 0 Å². The zero-order chi connectivity index (χ0) is 14.4. The molecule has 0 atom stereocenters. The van der Waals surface area contributed by atoms with Crippen molar-refractivity contribution in [2.45, 2.75) is 20.0 Å². The van der Waals surface area contributed by atoms with Crippen LogP contribution in [0.4, 0.5) is 0 Å². The maximum Gasteiger partial charge on any atom is 0.193 e. The molecule has 0 aliphatic carbocycles. The highest BCUT2D eigenvalue weighted by atomic mass is 127. The van der Waals surface area contributed by atoms with Gasteiger partial charge in [-0.3, -0.25) is 4.99 Å². The van der Waals surface area contributed by atoms with E-state index in [1.165, 1.54) is 16.7 Å². The fourth-order valence-corrected chi connectivity index (χ4v) is 2.75. The molecule has 3 nitrogen and oxygen atoms in total. The summed E-state index contributed by atoms with van der Waals surface area (Å²) in [5.74, 6) is 0.916. The van der Waals surface area contributed by atoms with Gasteiger partial charge in [-0.1, -0.05) is 24.3 Å². The van der Waals surface area contributed by atoms with E-state index in [1.54, 1.807) is 11.3 Å². The summed E-state index contributed by atoms with van der Waals surface area (Å²) in [6, 6.07) is 10.6. The van der Waals surface area contributed by atoms with Gasteiger partial charge in [0.05, 0.1) is 0 Å². The Bertz CT molecular complexity index is 567. The summed E-state index contributed by atoms with van der Waals surface area (Å²) < 4.78 is 0. The van der Waals surface area contributed by atoms with Crippen LogP contribution in [-0.4, -0.2) is 25.0 Å². The van der Waals surface area contributed by atoms with E-state index in [1.807, 2.05) is 7.05 Å². The number of benzene rings is 1. The first kappa shape index (κ1) is 18.0. The van der Waals surface area contributed by atoms with Gasteiger partial charge in [-0.25, -0.2) is 0 Å². The largest absolute Gasteiger partial charge is 0.352 e. The quantitative estimate of drug-likeness (QED) is 0.466. The molecule has 0 aliphatic rings. The van der Waals surface area contributed by atoms with E-state index in [0.717, 1.165) is 19.0 Å². The van der Waals surface area contributed by atoms with Crippen molar-refractivity contribution in [2.75, 3.05) is 14.1 Å². The molecule has 0 saturated heterocycles. The molecular weight excluding hydrogens is 393 g/mol. The van der Waals surface area contributed by atoms with Crippen LogP contribution in [0.25, 0.3) is 0 Å². The Morgan fingerprint density at radius 2 is 2.05 bits per heavy atom. The Kier molecular flexibility index (Phi) is 7.74. The maximum atomic E-state index is 4.35. The van der Waals surface area contributed by atoms with E-state index in [9.17, 15) is 0 Å². The van der Waals surface area contributed by atoms with E-state index in [-0.39, 0.29) is 24.0 Å². The molecule has 0 radical (unpaired) electrons. The maximum absolute atomic E-state index is 4.35. The van der Waals surface area contributed by atoms with Crippen molar-refractivity contribution >= 4 is 41.3 Å². The number of thiophene rings is 1. The number of guanidine groups is 1. The van der Waals surface area contributed by atoms with E-state index < -0.39 is 0 Å². The van der Waals surface area contributed by atoms with Crippen molar-refractivity contribution < 1.29 is 0 Å². The van der Waals surface area contributed by atoms with Crippen molar-refractivity contribution in [1.82, 2.24) is 10.2 Å². The van der Waals surface area contributed by atoms with Crippen LogP contribution >= 0.6 is 35.3 Å². The first-order chi connectivity index (χ1) is 9.70. The molecule has 1 aromatic carbocycles. The summed E-state index contributed by atoms with van der Waals surface area (Å²) in [6.45, 7) is 3.81. The van der Waals surface area contributed by atoms with Gasteiger partial charge in [0.1, 0.15) is 0 Å². The lowest BCUT2D eigenvalue weighted by Crippen LogP contribution is -2.38. The van der Waals surface area contributed by atoms with Crippen LogP contribution in [0.15, 0.2) is 46.1 Å². The summed E-state index contributed by atoms with van der Waals surface area (Å²) >= 11 is 1.72. The predicted octanol–water partition coefficient (Wildman–Crippen LogP) is 3.88. The van der Waals surface area contributed by atoms with Crippen molar-refractivity contribution in [3.63, 3.8) is 0 Å². The van der Waals surface area contributed by atoms with Gasteiger partial charge in [0.25, 0.3) is 0 Å². The molecule has 2 rings (SSSR count). The monoisotopic (exact) mass is 415 g/mol. The Morgan fingerprint density at radius 3 is 2.67 bits per heavy atom. The smallest absolute Gasteiger partial charge is 0.193 e. The third-order valence-corrected chi connectivity index (χ3v) is 4.00. The molecule has 0 amide bonds. The zero-order valence-electron chi connectivity index (χ0n) is 12.7. The third kappa shape index (κ3) is 5.32. The van der Waals surface area contributed by atoms with Crippen LogP contribution in [0.1, 0.15) is 16.7 Å². The number of aryl methyl sites for hydroxylation is 1. The molecule has 0 spiro atoms. The van der Waals surface area contributed by atoms with Crippen LogP contribution in [0.5, 0.6) is 0 Å². The SMILES string of the molecule is CN=C(NCc1ccsc1)N(C)Cc1ccccc1C.I. The first-order valence-electron chi connectivity index (χ1n) is 6.68. The van der Waals surface area contributed by atoms with Gasteiger partial charge in [0, 0.05) is 27.2 Å². The molecule has 5 heteroatoms. The third-order valence-electron chi connectivity index (χ3n) is 3.27. The van der Waals surface area contributed by atoms with E-state index in [4.69, 9.17) is 0 Å². The number of halogens is 1. The summed E-state index contributed by atoms with van der Waals surface area (Å²) in [5, 5.41) is 7.64. The number of hydrogen-bond acceptors (Lipinski definition) is 2. The Morgan fingerprint density at radius 1 is 1.29 bits per heavy atom. The van der Waals surface area contributed by atoms with E-state index >= 15 is 0 Å². The highest BCUT2D eigenvalue weighted by Gasteiger charge is 2.07. The van der Waals surface area contributed by atoms with Crippen molar-refractivity contribution in [3.05, 3.63) is 57.8 Å². The number of hydrogen-bond donors (Lipinski definition) is 1. The molecule has 0 bridgehead atoms. The Labute approximate surface area is 148 Å². The highest BCUT2D eigenvalue weighted by Crippen LogP contribution is 2.10. The molecule has 0 saturated carbocycles. The Hall–Kier alpha value is -1.08. The normalized spacial score (nSPS) is 10.9. The van der Waals surface area contributed by atoms with Crippen molar-refractivity contribution in [3.8, 4) is 0 Å². The van der Waals surface area contributed by atoms with Crippen LogP contribution in [0.3, 0.4) is 0 Å². The first-order valence-corrected chi connectivity index (χ1v) is 7.62. The number of aliphatic imine (C=N–C) groups is 1. The standard InChI is InChI=1S/C16H21N3S.HI/c1-13-6-4-5-7-15(13)11-19(3)16(17-2)18-10-14-8-9-20-12-14;/h4-9,12H,10-11H2,1-3H3,(H,17,18);1H. The van der Waals surface area contributed by atoms with Gasteiger partial charge in [-0.05, 0) is 40.4 Å². The number of nitrogens with zero attached hydrogens (tertiary/aromatic N) is 2. The summed E-state index contributed by atoms with van der Waals surface area (Å²) in [7, 11) is 3.89. The molecule has 114 valence electrons.